The van der Waals surface area contributed by atoms with Gasteiger partial charge in [0.25, 0.3) is 0 Å². The molecule has 0 aromatic carbocycles. The first-order valence-corrected chi connectivity index (χ1v) is 2.57. The van der Waals surface area contributed by atoms with E-state index in [-0.39, 0.29) is 5.56 Å². The maximum Gasteiger partial charge on any atom is 0.157 e. The van der Waals surface area contributed by atoms with Gasteiger partial charge in [0.15, 0.2) is 5.56 Å². The Morgan fingerprint density at radius 2 is 2.33 bits per heavy atom. The molecule has 1 aliphatic rings. The topological polar surface area (TPSA) is 12.5 Å². The van der Waals surface area contributed by atoms with E-state index in [1.54, 1.807) is 0 Å². The predicted molar refractivity (Wildman–Crippen MR) is 24.8 cm³/mol. The van der Waals surface area contributed by atoms with Crippen molar-refractivity contribution < 1.29 is 4.74 Å². The van der Waals surface area contributed by atoms with Gasteiger partial charge in [-0.2, -0.15) is 0 Å². The molecular formula is C4H7ClO. The minimum Gasteiger partial charge on any atom is -0.352 e. The Morgan fingerprint density at radius 3 is 2.33 bits per heavy atom. The largest absolute Gasteiger partial charge is 0.352 e. The third-order valence-corrected chi connectivity index (χ3v) is 1.31. The van der Waals surface area contributed by atoms with Crippen LogP contribution in [0.15, 0.2) is 0 Å². The molecule has 1 nitrogen and oxygen atoms in total. The van der Waals surface area contributed by atoms with Gasteiger partial charge in [-0.3, -0.25) is 0 Å². The summed E-state index contributed by atoms with van der Waals surface area (Å²) in [6.45, 7) is 2.06. The first-order valence-electron chi connectivity index (χ1n) is 2.14. The lowest BCUT2D eigenvalue weighted by atomic mass is 10.4. The zero-order chi connectivity index (χ0) is 4.57. The first kappa shape index (κ1) is 4.41. The van der Waals surface area contributed by atoms with E-state index < -0.39 is 0 Å². The maximum atomic E-state index is 5.43. The second-order valence-corrected chi connectivity index (χ2v) is 1.86. The lowest BCUT2D eigenvalue weighted by molar-refractivity contribution is 0.394. The van der Waals surface area contributed by atoms with Crippen LogP contribution in [-0.4, -0.2) is 11.7 Å². The smallest absolute Gasteiger partial charge is 0.157 e. The summed E-state index contributed by atoms with van der Waals surface area (Å²) in [5, 5.41) is 0. The van der Waals surface area contributed by atoms with Gasteiger partial charge in [-0.15, -0.1) is 0 Å². The van der Waals surface area contributed by atoms with Gasteiger partial charge >= 0.3 is 0 Å². The van der Waals surface area contributed by atoms with Crippen LogP contribution in [0.5, 0.6) is 0 Å². The van der Waals surface area contributed by atoms with Crippen molar-refractivity contribution >= 4 is 11.6 Å². The number of alkyl halides is 1. The van der Waals surface area contributed by atoms with Gasteiger partial charge in [0, 0.05) is 0 Å². The van der Waals surface area contributed by atoms with Crippen LogP contribution in [0.1, 0.15) is 13.3 Å². The van der Waals surface area contributed by atoms with Gasteiger partial charge in [0.2, 0.25) is 0 Å². The molecule has 0 bridgehead atoms. The van der Waals surface area contributed by atoms with Crippen molar-refractivity contribution in [1.29, 1.82) is 0 Å². The van der Waals surface area contributed by atoms with Gasteiger partial charge < -0.3 is 4.74 Å². The molecule has 2 atom stereocenters. The van der Waals surface area contributed by atoms with Crippen molar-refractivity contribution in [2.24, 2.45) is 0 Å². The molecule has 1 heterocycles. The molecule has 0 N–H and O–H groups in total. The second-order valence-electron chi connectivity index (χ2n) is 1.43. The molecule has 0 aliphatic carbocycles. The Kier molecular flexibility index (Phi) is 1.02. The maximum absolute atomic E-state index is 5.43. The van der Waals surface area contributed by atoms with Crippen LogP contribution in [0.4, 0.5) is 0 Å². The lowest BCUT2D eigenvalue weighted by Gasteiger charge is -1.71. The summed E-state index contributed by atoms with van der Waals surface area (Å²) in [4.78, 5) is 0. The second kappa shape index (κ2) is 1.39. The van der Waals surface area contributed by atoms with E-state index in [9.17, 15) is 0 Å². The molecule has 0 aromatic rings. The number of hydrogen-bond donors (Lipinski definition) is 0. The van der Waals surface area contributed by atoms with Gasteiger partial charge in [-0.05, 0) is 6.42 Å². The Bertz CT molecular complexity index is 53.5. The number of halogens is 1. The molecule has 0 saturated carbocycles. The van der Waals surface area contributed by atoms with Crippen LogP contribution in [0.2, 0.25) is 0 Å². The van der Waals surface area contributed by atoms with Crippen molar-refractivity contribution in [2.75, 3.05) is 0 Å². The SMILES string of the molecule is CCC1OC1Cl. The normalized spacial score (nSPS) is 43.0. The van der Waals surface area contributed by atoms with E-state index in [0.717, 1.165) is 6.42 Å². The Labute approximate surface area is 42.2 Å². The molecule has 0 amide bonds. The standard InChI is InChI=1S/C4H7ClO/c1-2-3-4(5)6-3/h3-4H,2H2,1H3. The van der Waals surface area contributed by atoms with Gasteiger partial charge in [-0.25, -0.2) is 0 Å². The number of hydrogen-bond acceptors (Lipinski definition) is 1. The fourth-order valence-electron chi connectivity index (χ4n) is 0.403. The van der Waals surface area contributed by atoms with Crippen LogP contribution in [0, 0.1) is 0 Å². The molecular weight excluding hydrogens is 99.5 g/mol. The summed E-state index contributed by atoms with van der Waals surface area (Å²) in [5.74, 6) is 0. The molecule has 36 valence electrons. The summed E-state index contributed by atoms with van der Waals surface area (Å²) >= 11 is 5.43. The fourth-order valence-corrected chi connectivity index (χ4v) is 0.713. The van der Waals surface area contributed by atoms with E-state index in [2.05, 4.69) is 6.92 Å². The zero-order valence-electron chi connectivity index (χ0n) is 3.65. The third-order valence-electron chi connectivity index (χ3n) is 0.923. The first-order chi connectivity index (χ1) is 2.84. The summed E-state index contributed by atoms with van der Waals surface area (Å²) in [5.41, 5.74) is 0.0370. The molecule has 2 unspecified atom stereocenters. The molecule has 1 fully saturated rings. The quantitative estimate of drug-likeness (QED) is 0.363. The highest BCUT2D eigenvalue weighted by Crippen LogP contribution is 2.27. The van der Waals surface area contributed by atoms with E-state index in [0.29, 0.717) is 6.10 Å². The predicted octanol–water partition coefficient (Wildman–Crippen LogP) is 1.36. The highest BCUT2D eigenvalue weighted by Gasteiger charge is 2.34. The van der Waals surface area contributed by atoms with Gasteiger partial charge in [0.05, 0.1) is 6.10 Å². The van der Waals surface area contributed by atoms with E-state index in [4.69, 9.17) is 16.3 Å². The van der Waals surface area contributed by atoms with Gasteiger partial charge in [0.1, 0.15) is 0 Å². The molecule has 0 spiro atoms. The van der Waals surface area contributed by atoms with Crippen LogP contribution < -0.4 is 0 Å². The molecule has 1 saturated heterocycles. The molecule has 6 heavy (non-hydrogen) atoms. The molecule has 0 radical (unpaired) electrons. The number of rotatable bonds is 1. The van der Waals surface area contributed by atoms with E-state index in [1.165, 1.54) is 0 Å². The third kappa shape index (κ3) is 0.660. The molecule has 1 aliphatic heterocycles. The van der Waals surface area contributed by atoms with E-state index >= 15 is 0 Å². The van der Waals surface area contributed by atoms with Crippen LogP contribution >= 0.6 is 11.6 Å². The van der Waals surface area contributed by atoms with Crippen LogP contribution in [-0.2, 0) is 4.74 Å². The summed E-state index contributed by atoms with van der Waals surface area (Å²) < 4.78 is 4.83. The van der Waals surface area contributed by atoms with Crippen molar-refractivity contribution in [2.45, 2.75) is 25.0 Å². The van der Waals surface area contributed by atoms with Crippen LogP contribution in [0.3, 0.4) is 0 Å². The molecule has 1 rings (SSSR count). The van der Waals surface area contributed by atoms with Crippen molar-refractivity contribution in [1.82, 2.24) is 0 Å². The van der Waals surface area contributed by atoms with Crippen LogP contribution in [0.25, 0.3) is 0 Å². The minimum absolute atomic E-state index is 0.0370. The highest BCUT2D eigenvalue weighted by atomic mass is 35.5. The minimum atomic E-state index is 0.0370. The Hall–Kier alpha value is 0.250. The monoisotopic (exact) mass is 106 g/mol. The van der Waals surface area contributed by atoms with E-state index in [1.807, 2.05) is 0 Å². The average Bonchev–Trinajstić information content (AvgIpc) is 2.19. The van der Waals surface area contributed by atoms with Gasteiger partial charge in [-0.1, -0.05) is 18.5 Å². The molecule has 0 aromatic heterocycles. The lowest BCUT2D eigenvalue weighted by Crippen LogP contribution is -1.79. The van der Waals surface area contributed by atoms with Crippen molar-refractivity contribution in [3.63, 3.8) is 0 Å². The highest BCUT2D eigenvalue weighted by molar-refractivity contribution is 6.21. The number of ether oxygens (including phenoxy) is 1. The summed E-state index contributed by atoms with van der Waals surface area (Å²) in [6.07, 6.45) is 1.42. The van der Waals surface area contributed by atoms with Crippen molar-refractivity contribution in [3.8, 4) is 0 Å². The summed E-state index contributed by atoms with van der Waals surface area (Å²) in [7, 11) is 0. The molecule has 2 heteroatoms. The average molecular weight is 107 g/mol. The Morgan fingerprint density at radius 1 is 1.83 bits per heavy atom. The Balaban J connectivity index is 2.09. The van der Waals surface area contributed by atoms with Crippen molar-refractivity contribution in [3.05, 3.63) is 0 Å². The summed E-state index contributed by atoms with van der Waals surface area (Å²) in [6, 6.07) is 0. The fraction of sp³-hybridized carbons (Fsp3) is 1.00. The zero-order valence-corrected chi connectivity index (χ0v) is 4.40. The number of epoxide rings is 1.